The highest BCUT2D eigenvalue weighted by molar-refractivity contribution is 9.10. The Labute approximate surface area is 123 Å². The molecular formula is C13H11BrClNOS. The summed E-state index contributed by atoms with van der Waals surface area (Å²) in [5.41, 5.74) is 2.10. The van der Waals surface area contributed by atoms with Gasteiger partial charge in [0.1, 0.15) is 5.01 Å². The van der Waals surface area contributed by atoms with Crippen molar-refractivity contribution < 1.29 is 5.11 Å². The summed E-state index contributed by atoms with van der Waals surface area (Å²) in [4.78, 5) is 5.67. The third-order valence-corrected chi connectivity index (χ3v) is 5.55. The van der Waals surface area contributed by atoms with Crippen molar-refractivity contribution in [3.63, 3.8) is 0 Å². The van der Waals surface area contributed by atoms with Gasteiger partial charge < -0.3 is 5.11 Å². The zero-order valence-electron chi connectivity index (χ0n) is 9.49. The zero-order valence-corrected chi connectivity index (χ0v) is 12.6. The lowest BCUT2D eigenvalue weighted by molar-refractivity contribution is 0.160. The van der Waals surface area contributed by atoms with Crippen molar-refractivity contribution in [2.75, 3.05) is 0 Å². The van der Waals surface area contributed by atoms with Crippen LogP contribution in [-0.2, 0) is 6.42 Å². The molecule has 1 heterocycles. The number of aliphatic hydroxyl groups excluding tert-OH is 1. The third kappa shape index (κ3) is 2.23. The number of hydrogen-bond acceptors (Lipinski definition) is 3. The fourth-order valence-corrected chi connectivity index (χ4v) is 3.77. The SMILES string of the molecule is OC1CCCc2nc(-c3ccc(Cl)c(Br)c3)sc21. The highest BCUT2D eigenvalue weighted by Gasteiger charge is 2.23. The monoisotopic (exact) mass is 343 g/mol. The van der Waals surface area contributed by atoms with Crippen molar-refractivity contribution in [1.29, 1.82) is 0 Å². The first-order valence-electron chi connectivity index (χ1n) is 5.78. The van der Waals surface area contributed by atoms with Crippen molar-refractivity contribution in [3.8, 4) is 10.6 Å². The fourth-order valence-electron chi connectivity index (χ4n) is 2.15. The quantitative estimate of drug-likeness (QED) is 0.820. The number of nitrogens with zero attached hydrogens (tertiary/aromatic N) is 1. The predicted octanol–water partition coefficient (Wildman–Crippen LogP) is 4.60. The Balaban J connectivity index is 2.04. The van der Waals surface area contributed by atoms with Gasteiger partial charge in [-0.3, -0.25) is 0 Å². The average molecular weight is 345 g/mol. The van der Waals surface area contributed by atoms with Crippen LogP contribution in [0.3, 0.4) is 0 Å². The molecule has 0 aliphatic heterocycles. The maximum absolute atomic E-state index is 9.96. The molecule has 1 aliphatic carbocycles. The number of halogens is 2. The standard InChI is InChI=1S/C13H11BrClNOS/c14-8-6-7(4-5-9(8)15)13-16-10-2-1-3-11(17)12(10)18-13/h4-6,11,17H,1-3H2. The summed E-state index contributed by atoms with van der Waals surface area (Å²) in [6.45, 7) is 0. The Kier molecular flexibility index (Phi) is 3.45. The van der Waals surface area contributed by atoms with Crippen molar-refractivity contribution in [3.05, 3.63) is 38.3 Å². The van der Waals surface area contributed by atoms with E-state index in [0.717, 1.165) is 44.9 Å². The van der Waals surface area contributed by atoms with Gasteiger partial charge in [0.05, 0.1) is 21.7 Å². The first-order chi connectivity index (χ1) is 8.65. The molecule has 2 nitrogen and oxygen atoms in total. The van der Waals surface area contributed by atoms with E-state index >= 15 is 0 Å². The highest BCUT2D eigenvalue weighted by atomic mass is 79.9. The van der Waals surface area contributed by atoms with E-state index in [1.807, 2.05) is 18.2 Å². The molecule has 0 fully saturated rings. The molecule has 0 radical (unpaired) electrons. The van der Waals surface area contributed by atoms with E-state index < -0.39 is 0 Å². The second-order valence-corrected chi connectivity index (χ2v) is 6.66. The van der Waals surface area contributed by atoms with Gasteiger partial charge in [-0.05, 0) is 47.3 Å². The van der Waals surface area contributed by atoms with E-state index in [-0.39, 0.29) is 6.10 Å². The van der Waals surface area contributed by atoms with Crippen LogP contribution in [0, 0.1) is 0 Å². The molecule has 1 aliphatic rings. The van der Waals surface area contributed by atoms with Gasteiger partial charge in [0.25, 0.3) is 0 Å². The molecule has 0 bridgehead atoms. The fraction of sp³-hybridized carbons (Fsp3) is 0.308. The van der Waals surface area contributed by atoms with Gasteiger partial charge >= 0.3 is 0 Å². The van der Waals surface area contributed by atoms with Gasteiger partial charge in [-0.15, -0.1) is 11.3 Å². The summed E-state index contributed by atoms with van der Waals surface area (Å²) in [6, 6.07) is 5.79. The molecule has 1 aromatic carbocycles. The molecule has 0 saturated carbocycles. The van der Waals surface area contributed by atoms with Crippen LogP contribution < -0.4 is 0 Å². The van der Waals surface area contributed by atoms with Crippen molar-refractivity contribution in [2.24, 2.45) is 0 Å². The van der Waals surface area contributed by atoms with Gasteiger partial charge in [0.2, 0.25) is 0 Å². The molecule has 1 unspecified atom stereocenters. The van der Waals surface area contributed by atoms with E-state index in [0.29, 0.717) is 5.02 Å². The summed E-state index contributed by atoms with van der Waals surface area (Å²) in [5, 5.41) is 11.6. The molecule has 94 valence electrons. The number of benzene rings is 1. The van der Waals surface area contributed by atoms with E-state index in [1.54, 1.807) is 11.3 Å². The Morgan fingerprint density at radius 3 is 3.00 bits per heavy atom. The van der Waals surface area contributed by atoms with Crippen molar-refractivity contribution in [2.45, 2.75) is 25.4 Å². The lowest BCUT2D eigenvalue weighted by atomic mass is 10.0. The smallest absolute Gasteiger partial charge is 0.124 e. The van der Waals surface area contributed by atoms with Gasteiger partial charge in [-0.1, -0.05) is 17.7 Å². The largest absolute Gasteiger partial charge is 0.388 e. The van der Waals surface area contributed by atoms with E-state index in [2.05, 4.69) is 20.9 Å². The van der Waals surface area contributed by atoms with Gasteiger partial charge in [0.15, 0.2) is 0 Å². The lowest BCUT2D eigenvalue weighted by Gasteiger charge is -2.14. The highest BCUT2D eigenvalue weighted by Crippen LogP contribution is 2.38. The molecular weight excluding hydrogens is 334 g/mol. The number of hydrogen-bond donors (Lipinski definition) is 1. The maximum atomic E-state index is 9.96. The molecule has 18 heavy (non-hydrogen) atoms. The van der Waals surface area contributed by atoms with Crippen LogP contribution in [0.25, 0.3) is 10.6 Å². The molecule has 5 heteroatoms. The van der Waals surface area contributed by atoms with E-state index in [9.17, 15) is 5.11 Å². The van der Waals surface area contributed by atoms with Crippen LogP contribution >= 0.6 is 38.9 Å². The maximum Gasteiger partial charge on any atom is 0.124 e. The molecule has 2 aromatic rings. The minimum absolute atomic E-state index is 0.337. The third-order valence-electron chi connectivity index (χ3n) is 3.09. The molecule has 0 amide bonds. The van der Waals surface area contributed by atoms with Crippen LogP contribution in [0.15, 0.2) is 22.7 Å². The Morgan fingerprint density at radius 2 is 2.28 bits per heavy atom. The second kappa shape index (κ2) is 4.93. The average Bonchev–Trinajstić information content (AvgIpc) is 2.78. The van der Waals surface area contributed by atoms with Crippen LogP contribution in [0.5, 0.6) is 0 Å². The Morgan fingerprint density at radius 1 is 1.44 bits per heavy atom. The van der Waals surface area contributed by atoms with Crippen LogP contribution in [0.4, 0.5) is 0 Å². The van der Waals surface area contributed by atoms with Crippen LogP contribution in [-0.4, -0.2) is 10.1 Å². The zero-order chi connectivity index (χ0) is 12.7. The summed E-state index contributed by atoms with van der Waals surface area (Å²) in [6.07, 6.45) is 2.49. The van der Waals surface area contributed by atoms with Crippen LogP contribution in [0.1, 0.15) is 29.5 Å². The normalized spacial score (nSPS) is 18.7. The Hall–Kier alpha value is -0.420. The first-order valence-corrected chi connectivity index (χ1v) is 7.77. The van der Waals surface area contributed by atoms with E-state index in [1.165, 1.54) is 0 Å². The first kappa shape index (κ1) is 12.6. The Bertz CT molecular complexity index is 599. The topological polar surface area (TPSA) is 33.1 Å². The number of rotatable bonds is 1. The summed E-state index contributed by atoms with van der Waals surface area (Å²) >= 11 is 11.0. The number of aromatic nitrogens is 1. The van der Waals surface area contributed by atoms with Gasteiger partial charge in [-0.25, -0.2) is 4.98 Å². The number of fused-ring (bicyclic) bond motifs is 1. The van der Waals surface area contributed by atoms with Gasteiger partial charge in [-0.2, -0.15) is 0 Å². The van der Waals surface area contributed by atoms with Crippen molar-refractivity contribution in [1.82, 2.24) is 4.98 Å². The molecule has 3 rings (SSSR count). The number of aryl methyl sites for hydroxylation is 1. The van der Waals surface area contributed by atoms with Gasteiger partial charge in [0, 0.05) is 10.0 Å². The predicted molar refractivity (Wildman–Crippen MR) is 78.2 cm³/mol. The van der Waals surface area contributed by atoms with E-state index in [4.69, 9.17) is 11.6 Å². The summed E-state index contributed by atoms with van der Waals surface area (Å²) in [7, 11) is 0. The molecule has 0 saturated heterocycles. The molecule has 1 N–H and O–H groups in total. The molecule has 0 spiro atoms. The minimum Gasteiger partial charge on any atom is -0.388 e. The number of aliphatic hydroxyl groups is 1. The summed E-state index contributed by atoms with van der Waals surface area (Å²) < 4.78 is 0.871. The second-order valence-electron chi connectivity index (χ2n) is 4.37. The lowest BCUT2D eigenvalue weighted by Crippen LogP contribution is -2.06. The summed E-state index contributed by atoms with van der Waals surface area (Å²) in [5.74, 6) is 0. The minimum atomic E-state index is -0.337. The molecule has 1 aromatic heterocycles. The molecule has 1 atom stereocenters. The number of thiazole rings is 1. The van der Waals surface area contributed by atoms with Crippen molar-refractivity contribution >= 4 is 38.9 Å². The van der Waals surface area contributed by atoms with Crippen LogP contribution in [0.2, 0.25) is 5.02 Å².